The fourth-order valence-corrected chi connectivity index (χ4v) is 2.86. The smallest absolute Gasteiger partial charge is 0.162 e. The molecule has 1 aliphatic carbocycles. The maximum Gasteiger partial charge on any atom is 0.162 e. The van der Waals surface area contributed by atoms with E-state index in [1.54, 1.807) is 6.07 Å². The summed E-state index contributed by atoms with van der Waals surface area (Å²) in [4.78, 5) is 0. The third kappa shape index (κ3) is 2.04. The minimum atomic E-state index is -0.496. The molecule has 0 aliphatic heterocycles. The van der Waals surface area contributed by atoms with Gasteiger partial charge in [0.1, 0.15) is 0 Å². The molecule has 0 bridgehead atoms. The van der Waals surface area contributed by atoms with Crippen LogP contribution < -0.4 is 5.73 Å². The van der Waals surface area contributed by atoms with Crippen molar-refractivity contribution in [2.45, 2.75) is 37.6 Å². The van der Waals surface area contributed by atoms with Gasteiger partial charge in [0.15, 0.2) is 11.5 Å². The van der Waals surface area contributed by atoms with E-state index in [9.17, 15) is 10.2 Å². The molecule has 1 aliphatic rings. The average molecular weight is 286 g/mol. The lowest BCUT2D eigenvalue weighted by Gasteiger charge is -2.34. The second kappa shape index (κ2) is 4.26. The van der Waals surface area contributed by atoms with E-state index < -0.39 is 5.54 Å². The molecule has 2 rings (SSSR count). The van der Waals surface area contributed by atoms with Gasteiger partial charge in [0, 0.05) is 15.6 Å². The van der Waals surface area contributed by atoms with Crippen LogP contribution in [0.1, 0.15) is 37.7 Å². The third-order valence-corrected chi connectivity index (χ3v) is 3.79. The molecule has 0 atom stereocenters. The third-order valence-electron chi connectivity index (χ3n) is 3.34. The first-order valence-corrected chi connectivity index (χ1v) is 6.33. The van der Waals surface area contributed by atoms with Crippen LogP contribution in [-0.4, -0.2) is 10.2 Å². The van der Waals surface area contributed by atoms with E-state index in [1.807, 2.05) is 0 Å². The van der Waals surface area contributed by atoms with Crippen molar-refractivity contribution in [2.24, 2.45) is 5.73 Å². The van der Waals surface area contributed by atoms with Crippen LogP contribution in [0.25, 0.3) is 0 Å². The Hall–Kier alpha value is -0.740. The van der Waals surface area contributed by atoms with Crippen LogP contribution in [0.3, 0.4) is 0 Å². The molecule has 1 aromatic rings. The summed E-state index contributed by atoms with van der Waals surface area (Å²) in [6, 6.07) is 3.28. The molecular formula is C12H16BrNO2. The number of nitrogens with two attached hydrogens (primary N) is 1. The van der Waals surface area contributed by atoms with Crippen LogP contribution in [-0.2, 0) is 5.54 Å². The molecule has 0 unspecified atom stereocenters. The summed E-state index contributed by atoms with van der Waals surface area (Å²) in [5.74, 6) is -0.188. The Bertz CT molecular complexity index is 400. The van der Waals surface area contributed by atoms with Crippen LogP contribution in [0, 0.1) is 0 Å². The van der Waals surface area contributed by atoms with Crippen LogP contribution >= 0.6 is 15.9 Å². The van der Waals surface area contributed by atoms with E-state index in [0.717, 1.165) is 30.2 Å². The van der Waals surface area contributed by atoms with Gasteiger partial charge in [0.05, 0.1) is 0 Å². The summed E-state index contributed by atoms with van der Waals surface area (Å²) >= 11 is 3.31. The minimum Gasteiger partial charge on any atom is -0.504 e. The van der Waals surface area contributed by atoms with Crippen molar-refractivity contribution in [3.63, 3.8) is 0 Å². The predicted octanol–water partition coefficient (Wildman–Crippen LogP) is 2.98. The second-order valence-corrected chi connectivity index (χ2v) is 5.45. The number of aromatic hydroxyl groups is 2. The zero-order valence-corrected chi connectivity index (χ0v) is 10.6. The van der Waals surface area contributed by atoms with Gasteiger partial charge in [-0.1, -0.05) is 35.2 Å². The standard InChI is InChI=1S/C12H16BrNO2/c13-8-6-9(11(16)10(15)7-8)12(14)4-2-1-3-5-12/h6-7,15-16H,1-5,14H2. The molecule has 1 fully saturated rings. The monoisotopic (exact) mass is 285 g/mol. The Morgan fingerprint density at radius 1 is 1.12 bits per heavy atom. The second-order valence-electron chi connectivity index (χ2n) is 4.54. The highest BCUT2D eigenvalue weighted by atomic mass is 79.9. The van der Waals surface area contributed by atoms with Gasteiger partial charge in [-0.2, -0.15) is 0 Å². The maximum atomic E-state index is 9.89. The molecule has 4 heteroatoms. The number of rotatable bonds is 1. The Morgan fingerprint density at radius 2 is 1.75 bits per heavy atom. The van der Waals surface area contributed by atoms with Gasteiger partial charge >= 0.3 is 0 Å². The molecular weight excluding hydrogens is 270 g/mol. The van der Waals surface area contributed by atoms with Crippen molar-refractivity contribution in [1.29, 1.82) is 0 Å². The van der Waals surface area contributed by atoms with Gasteiger partial charge in [0.2, 0.25) is 0 Å². The number of hydrogen-bond donors (Lipinski definition) is 3. The number of halogens is 1. The van der Waals surface area contributed by atoms with Crippen LogP contribution in [0.5, 0.6) is 11.5 Å². The molecule has 88 valence electrons. The lowest BCUT2D eigenvalue weighted by atomic mass is 9.77. The van der Waals surface area contributed by atoms with Gasteiger partial charge in [-0.25, -0.2) is 0 Å². The van der Waals surface area contributed by atoms with Crippen molar-refractivity contribution < 1.29 is 10.2 Å². The van der Waals surface area contributed by atoms with Crippen molar-refractivity contribution in [2.75, 3.05) is 0 Å². The predicted molar refractivity (Wildman–Crippen MR) is 66.4 cm³/mol. The van der Waals surface area contributed by atoms with Crippen LogP contribution in [0.4, 0.5) is 0 Å². The Balaban J connectivity index is 2.45. The largest absolute Gasteiger partial charge is 0.504 e. The number of hydrogen-bond acceptors (Lipinski definition) is 3. The molecule has 0 amide bonds. The average Bonchev–Trinajstić information content (AvgIpc) is 2.24. The molecule has 1 saturated carbocycles. The highest BCUT2D eigenvalue weighted by molar-refractivity contribution is 9.10. The van der Waals surface area contributed by atoms with E-state index in [1.165, 1.54) is 12.5 Å². The SMILES string of the molecule is NC1(c2cc(Br)cc(O)c2O)CCCCC1. The van der Waals surface area contributed by atoms with Crippen LogP contribution in [0.15, 0.2) is 16.6 Å². The Labute approximate surface area is 103 Å². The maximum absolute atomic E-state index is 9.89. The van der Waals surface area contributed by atoms with Crippen molar-refractivity contribution in [3.05, 3.63) is 22.2 Å². The zero-order chi connectivity index (χ0) is 11.8. The first kappa shape index (κ1) is 11.7. The lowest BCUT2D eigenvalue weighted by molar-refractivity contribution is 0.287. The lowest BCUT2D eigenvalue weighted by Crippen LogP contribution is -2.38. The number of benzene rings is 1. The molecule has 0 aromatic heterocycles. The van der Waals surface area contributed by atoms with Crippen molar-refractivity contribution >= 4 is 15.9 Å². The summed E-state index contributed by atoms with van der Waals surface area (Å²) in [5.41, 5.74) is 6.48. The summed E-state index contributed by atoms with van der Waals surface area (Å²) in [7, 11) is 0. The van der Waals surface area contributed by atoms with Gasteiger partial charge in [0.25, 0.3) is 0 Å². The molecule has 0 heterocycles. The molecule has 0 saturated heterocycles. The highest BCUT2D eigenvalue weighted by Gasteiger charge is 2.32. The van der Waals surface area contributed by atoms with Gasteiger partial charge in [-0.15, -0.1) is 0 Å². The van der Waals surface area contributed by atoms with Gasteiger partial charge < -0.3 is 15.9 Å². The first-order chi connectivity index (χ1) is 7.53. The summed E-state index contributed by atoms with van der Waals surface area (Å²) in [5, 5.41) is 19.5. The molecule has 4 N–H and O–H groups in total. The van der Waals surface area contributed by atoms with E-state index in [4.69, 9.17) is 5.73 Å². The molecule has 1 aromatic carbocycles. The van der Waals surface area contributed by atoms with Crippen molar-refractivity contribution in [1.82, 2.24) is 0 Å². The summed E-state index contributed by atoms with van der Waals surface area (Å²) in [6.45, 7) is 0. The molecule has 16 heavy (non-hydrogen) atoms. The number of phenolic OH excluding ortho intramolecular Hbond substituents is 2. The normalized spacial score (nSPS) is 19.6. The van der Waals surface area contributed by atoms with Crippen molar-refractivity contribution in [3.8, 4) is 11.5 Å². The topological polar surface area (TPSA) is 66.5 Å². The van der Waals surface area contributed by atoms with E-state index in [0.29, 0.717) is 5.56 Å². The van der Waals surface area contributed by atoms with Gasteiger partial charge in [-0.05, 0) is 25.0 Å². The van der Waals surface area contributed by atoms with Gasteiger partial charge in [-0.3, -0.25) is 0 Å². The van der Waals surface area contributed by atoms with E-state index >= 15 is 0 Å². The molecule has 3 nitrogen and oxygen atoms in total. The van der Waals surface area contributed by atoms with E-state index in [-0.39, 0.29) is 11.5 Å². The zero-order valence-electron chi connectivity index (χ0n) is 9.04. The fraction of sp³-hybridized carbons (Fsp3) is 0.500. The Morgan fingerprint density at radius 3 is 2.38 bits per heavy atom. The Kier molecular flexibility index (Phi) is 3.13. The molecule has 0 radical (unpaired) electrons. The quantitative estimate of drug-likeness (QED) is 0.695. The molecule has 0 spiro atoms. The number of phenols is 2. The fourth-order valence-electron chi connectivity index (χ4n) is 2.42. The van der Waals surface area contributed by atoms with Crippen LogP contribution in [0.2, 0.25) is 0 Å². The van der Waals surface area contributed by atoms with E-state index in [2.05, 4.69) is 15.9 Å². The highest BCUT2D eigenvalue weighted by Crippen LogP contribution is 2.43. The minimum absolute atomic E-state index is 0.0763. The summed E-state index contributed by atoms with van der Waals surface area (Å²) < 4.78 is 0.744. The summed E-state index contributed by atoms with van der Waals surface area (Å²) in [6.07, 6.45) is 5.05. The first-order valence-electron chi connectivity index (χ1n) is 5.54.